The Hall–Kier alpha value is -1.50. The number of aromatic amines is 1. The average molecular weight is 232 g/mol. The Kier molecular flexibility index (Phi) is 2.63. The Morgan fingerprint density at radius 3 is 2.81 bits per heavy atom. The van der Waals surface area contributed by atoms with Crippen LogP contribution in [-0.4, -0.2) is 27.4 Å². The number of alkyl halides is 1. The number of aromatic nitrogens is 2. The van der Waals surface area contributed by atoms with Crippen molar-refractivity contribution in [2.75, 3.05) is 6.61 Å². The van der Waals surface area contributed by atoms with Gasteiger partial charge in [-0.2, -0.15) is 4.39 Å². The van der Waals surface area contributed by atoms with Crippen molar-refractivity contribution in [1.29, 1.82) is 0 Å². The molecule has 2 N–H and O–H groups in total. The molecule has 2 rings (SSSR count). The summed E-state index contributed by atoms with van der Waals surface area (Å²) in [5, 5.41) is 8.73. The second-order valence-corrected chi connectivity index (χ2v) is 3.83. The zero-order valence-electron chi connectivity index (χ0n) is 8.19. The summed E-state index contributed by atoms with van der Waals surface area (Å²) in [6, 6.07) is -0.809. The lowest BCUT2D eigenvalue weighted by molar-refractivity contribution is -0.000804. The lowest BCUT2D eigenvalue weighted by Crippen LogP contribution is -2.47. The van der Waals surface area contributed by atoms with Crippen LogP contribution in [0.1, 0.15) is 12.5 Å². The Labute approximate surface area is 88.3 Å². The summed E-state index contributed by atoms with van der Waals surface area (Å²) in [4.78, 5) is 23.8. The van der Waals surface area contributed by atoms with E-state index in [-0.39, 0.29) is 13.0 Å². The summed E-state index contributed by atoms with van der Waals surface area (Å²) in [6.07, 6.45) is -0.442. The van der Waals surface area contributed by atoms with Crippen LogP contribution in [0.25, 0.3) is 0 Å². The molecule has 1 aromatic heterocycles. The normalized spacial score (nSPS) is 28.8. The van der Waals surface area contributed by atoms with Crippen molar-refractivity contribution in [1.82, 2.24) is 9.55 Å². The molecule has 16 heavy (non-hydrogen) atoms. The summed E-state index contributed by atoms with van der Waals surface area (Å²) in [6.45, 7) is -0.307. The fraction of sp³-hybridized carbons (Fsp3) is 0.556. The van der Waals surface area contributed by atoms with Gasteiger partial charge in [-0.1, -0.05) is 0 Å². The molecule has 0 radical (unpaired) electrons. The molecule has 0 unspecified atom stereocenters. The van der Waals surface area contributed by atoms with Crippen molar-refractivity contribution in [3.05, 3.63) is 32.9 Å². The van der Waals surface area contributed by atoms with E-state index in [1.165, 1.54) is 0 Å². The first kappa shape index (κ1) is 11.0. The molecule has 0 bridgehead atoms. The second kappa shape index (κ2) is 3.82. The Morgan fingerprint density at radius 1 is 1.56 bits per heavy atom. The summed E-state index contributed by atoms with van der Waals surface area (Å²) in [7, 11) is 0. The van der Waals surface area contributed by atoms with Crippen molar-refractivity contribution < 1.29 is 13.9 Å². The van der Waals surface area contributed by atoms with Crippen LogP contribution in [0.3, 0.4) is 0 Å². The van der Waals surface area contributed by atoms with E-state index in [0.29, 0.717) is 6.20 Å². The van der Waals surface area contributed by atoms with Crippen molar-refractivity contribution >= 4 is 0 Å². The van der Waals surface area contributed by atoms with E-state index in [2.05, 4.69) is 0 Å². The van der Waals surface area contributed by atoms with Crippen LogP contribution in [0.5, 0.6) is 0 Å². The molecule has 1 aliphatic carbocycles. The van der Waals surface area contributed by atoms with Crippen molar-refractivity contribution in [3.63, 3.8) is 0 Å². The van der Waals surface area contributed by atoms with Gasteiger partial charge in [-0.25, -0.2) is 9.18 Å². The molecule has 1 heterocycles. The molecule has 88 valence electrons. The molecule has 0 aliphatic heterocycles. The van der Waals surface area contributed by atoms with Gasteiger partial charge in [0.25, 0.3) is 5.56 Å². The first-order valence-electron chi connectivity index (χ1n) is 4.80. The summed E-state index contributed by atoms with van der Waals surface area (Å²) < 4.78 is 27.1. The molecular formula is C9H10F2N2O3. The largest absolute Gasteiger partial charge is 0.396 e. The highest BCUT2D eigenvalue weighted by atomic mass is 19.1. The van der Waals surface area contributed by atoms with Gasteiger partial charge in [0.15, 0.2) is 0 Å². The van der Waals surface area contributed by atoms with Gasteiger partial charge < -0.3 is 5.11 Å². The topological polar surface area (TPSA) is 75.1 Å². The fourth-order valence-corrected chi connectivity index (χ4v) is 1.84. The number of hydrogen-bond acceptors (Lipinski definition) is 3. The maximum atomic E-state index is 13.4. The Morgan fingerprint density at radius 2 is 2.25 bits per heavy atom. The van der Waals surface area contributed by atoms with Gasteiger partial charge >= 0.3 is 5.69 Å². The van der Waals surface area contributed by atoms with Gasteiger partial charge in [-0.05, 0) is 6.42 Å². The highest BCUT2D eigenvalue weighted by Crippen LogP contribution is 2.39. The van der Waals surface area contributed by atoms with E-state index in [4.69, 9.17) is 5.11 Å². The van der Waals surface area contributed by atoms with E-state index >= 15 is 0 Å². The molecule has 0 saturated heterocycles. The minimum absolute atomic E-state index is 0.253. The molecule has 1 saturated carbocycles. The zero-order valence-corrected chi connectivity index (χ0v) is 8.19. The molecule has 0 spiro atoms. The number of aliphatic hydroxyl groups is 1. The summed E-state index contributed by atoms with van der Waals surface area (Å²) in [5.74, 6) is -1.65. The van der Waals surface area contributed by atoms with E-state index in [0.717, 1.165) is 4.57 Å². The van der Waals surface area contributed by atoms with Crippen molar-refractivity contribution in [3.8, 4) is 0 Å². The average Bonchev–Trinajstić information content (AvgIpc) is 2.24. The molecule has 1 aliphatic rings. The maximum Gasteiger partial charge on any atom is 0.328 e. The predicted molar refractivity (Wildman–Crippen MR) is 50.4 cm³/mol. The number of H-pyrrole nitrogens is 1. The third kappa shape index (κ3) is 1.57. The molecule has 0 amide bonds. The quantitative estimate of drug-likeness (QED) is 0.726. The highest BCUT2D eigenvalue weighted by Gasteiger charge is 2.42. The van der Waals surface area contributed by atoms with E-state index in [1.807, 2.05) is 0 Å². The fourth-order valence-electron chi connectivity index (χ4n) is 1.84. The van der Waals surface area contributed by atoms with Crippen LogP contribution < -0.4 is 11.2 Å². The number of nitrogens with one attached hydrogen (secondary N) is 1. The SMILES string of the molecule is O=c1[nH]c(=O)n([C@H]2C[C@H](CO)[C@H]2F)cc1F. The molecular weight excluding hydrogens is 222 g/mol. The summed E-state index contributed by atoms with van der Waals surface area (Å²) in [5.41, 5.74) is -1.95. The Balaban J connectivity index is 2.33. The molecule has 5 nitrogen and oxygen atoms in total. The number of hydrogen-bond donors (Lipinski definition) is 2. The third-order valence-electron chi connectivity index (χ3n) is 2.88. The van der Waals surface area contributed by atoms with Gasteiger partial charge in [0.2, 0.25) is 5.82 Å². The standard InChI is InChI=1S/C9H10F2N2O3/c10-5-2-13(9(16)12-8(5)15)6-1-4(3-14)7(6)11/h2,4,6-7,14H,1,3H2,(H,12,15,16)/t4-,6+,7-/m1/s1. The van der Waals surface area contributed by atoms with Crippen molar-refractivity contribution in [2.24, 2.45) is 5.92 Å². The maximum absolute atomic E-state index is 13.4. The number of halogens is 2. The van der Waals surface area contributed by atoms with Crippen LogP contribution >= 0.6 is 0 Å². The van der Waals surface area contributed by atoms with Crippen LogP contribution in [0.4, 0.5) is 8.78 Å². The lowest BCUT2D eigenvalue weighted by Gasteiger charge is -2.39. The third-order valence-corrected chi connectivity index (χ3v) is 2.88. The molecule has 1 aromatic rings. The molecule has 1 fully saturated rings. The number of aliphatic hydroxyl groups excluding tert-OH is 1. The van der Waals surface area contributed by atoms with E-state index in [9.17, 15) is 18.4 Å². The first-order valence-corrected chi connectivity index (χ1v) is 4.80. The lowest BCUT2D eigenvalue weighted by atomic mass is 9.78. The summed E-state index contributed by atoms with van der Waals surface area (Å²) >= 11 is 0. The van der Waals surface area contributed by atoms with Gasteiger partial charge in [0.05, 0.1) is 12.2 Å². The van der Waals surface area contributed by atoms with Crippen LogP contribution in [-0.2, 0) is 0 Å². The second-order valence-electron chi connectivity index (χ2n) is 3.83. The van der Waals surface area contributed by atoms with Crippen molar-refractivity contribution in [2.45, 2.75) is 18.6 Å². The predicted octanol–water partition coefficient (Wildman–Crippen LogP) is -0.433. The van der Waals surface area contributed by atoms with Crippen LogP contribution in [0.2, 0.25) is 0 Å². The van der Waals surface area contributed by atoms with Gasteiger partial charge in [0.1, 0.15) is 6.17 Å². The van der Waals surface area contributed by atoms with E-state index < -0.39 is 35.2 Å². The minimum atomic E-state index is -1.40. The zero-order chi connectivity index (χ0) is 11.9. The van der Waals surface area contributed by atoms with Gasteiger partial charge in [0, 0.05) is 12.5 Å². The van der Waals surface area contributed by atoms with Gasteiger partial charge in [-0.15, -0.1) is 0 Å². The molecule has 3 atom stereocenters. The molecule has 0 aromatic carbocycles. The Bertz CT molecular complexity index is 510. The van der Waals surface area contributed by atoms with E-state index in [1.54, 1.807) is 4.98 Å². The smallest absolute Gasteiger partial charge is 0.328 e. The number of nitrogens with zero attached hydrogens (tertiary/aromatic N) is 1. The minimum Gasteiger partial charge on any atom is -0.396 e. The monoisotopic (exact) mass is 232 g/mol. The van der Waals surface area contributed by atoms with Gasteiger partial charge in [-0.3, -0.25) is 14.3 Å². The van der Waals surface area contributed by atoms with Crippen LogP contribution in [0, 0.1) is 11.7 Å². The molecule has 7 heteroatoms. The highest BCUT2D eigenvalue weighted by molar-refractivity contribution is 4.98. The van der Waals surface area contributed by atoms with Crippen LogP contribution in [0.15, 0.2) is 15.8 Å². The first-order chi connectivity index (χ1) is 7.54. The number of rotatable bonds is 2.